The molecule has 0 aromatic rings. The zero-order chi connectivity index (χ0) is 20.6. The lowest BCUT2D eigenvalue weighted by molar-refractivity contribution is -0.0188. The number of ether oxygens (including phenoxy) is 1. The number of amides is 1. The second kappa shape index (κ2) is 7.77. The first-order chi connectivity index (χ1) is 11.4. The second-order valence-electron chi connectivity index (χ2n) is 9.54. The van der Waals surface area contributed by atoms with Gasteiger partial charge in [0.25, 0.3) is 10.1 Å². The Morgan fingerprint density at radius 2 is 1.54 bits per heavy atom. The molecule has 1 fully saturated rings. The van der Waals surface area contributed by atoms with Crippen LogP contribution >= 0.6 is 0 Å². The quantitative estimate of drug-likeness (QED) is 0.523. The van der Waals surface area contributed by atoms with Crippen molar-refractivity contribution in [2.24, 2.45) is 0 Å². The molecule has 26 heavy (non-hydrogen) atoms. The largest absolute Gasteiger partial charge is 0.444 e. The van der Waals surface area contributed by atoms with Crippen molar-refractivity contribution in [3.63, 3.8) is 0 Å². The number of nitrogens with zero attached hydrogens (tertiary/aromatic N) is 1. The highest BCUT2D eigenvalue weighted by molar-refractivity contribution is 7.86. The van der Waals surface area contributed by atoms with E-state index >= 15 is 0 Å². The van der Waals surface area contributed by atoms with Gasteiger partial charge in [0.2, 0.25) is 0 Å². The molecule has 1 saturated heterocycles. The number of hydrogen-bond acceptors (Lipinski definition) is 6. The number of carbonyl (C=O) groups is 1. The van der Waals surface area contributed by atoms with Crippen LogP contribution in [0.2, 0.25) is 18.1 Å². The van der Waals surface area contributed by atoms with Crippen molar-refractivity contribution in [2.75, 3.05) is 19.3 Å². The van der Waals surface area contributed by atoms with Gasteiger partial charge in [-0.3, -0.25) is 4.18 Å². The highest BCUT2D eigenvalue weighted by Crippen LogP contribution is 2.38. The molecule has 1 heterocycles. The van der Waals surface area contributed by atoms with Crippen molar-refractivity contribution in [1.82, 2.24) is 4.90 Å². The van der Waals surface area contributed by atoms with Crippen LogP contribution in [0.5, 0.6) is 0 Å². The Hall–Kier alpha value is -0.643. The summed E-state index contributed by atoms with van der Waals surface area (Å²) in [5, 5.41) is 0.00832. The lowest BCUT2D eigenvalue weighted by Crippen LogP contribution is -2.55. The van der Waals surface area contributed by atoms with Gasteiger partial charge in [0.1, 0.15) is 5.60 Å². The maximum Gasteiger partial charge on any atom is 0.410 e. The van der Waals surface area contributed by atoms with Crippen LogP contribution in [0.1, 0.15) is 48.0 Å². The summed E-state index contributed by atoms with van der Waals surface area (Å²) in [7, 11) is -5.70. The monoisotopic (exact) mass is 409 g/mol. The lowest BCUT2D eigenvalue weighted by Gasteiger charge is -2.44. The number of likely N-dealkylation sites (tertiary alicyclic amines) is 1. The van der Waals surface area contributed by atoms with E-state index in [-0.39, 0.29) is 17.7 Å². The first-order valence-electron chi connectivity index (χ1n) is 8.94. The van der Waals surface area contributed by atoms with Crippen molar-refractivity contribution >= 4 is 24.5 Å². The Morgan fingerprint density at radius 1 is 1.04 bits per heavy atom. The molecule has 154 valence electrons. The van der Waals surface area contributed by atoms with Crippen LogP contribution in [0.15, 0.2) is 0 Å². The van der Waals surface area contributed by atoms with E-state index in [2.05, 4.69) is 33.9 Å². The molecular weight excluding hydrogens is 374 g/mol. The first-order valence-corrected chi connectivity index (χ1v) is 13.7. The average molecular weight is 410 g/mol. The second-order valence-corrected chi connectivity index (χ2v) is 15.9. The van der Waals surface area contributed by atoms with Crippen LogP contribution in [0, 0.1) is 0 Å². The van der Waals surface area contributed by atoms with Gasteiger partial charge in [-0.15, -0.1) is 0 Å². The molecule has 0 aromatic heterocycles. The van der Waals surface area contributed by atoms with E-state index in [1.807, 2.05) is 0 Å². The van der Waals surface area contributed by atoms with E-state index in [1.54, 1.807) is 20.8 Å². The molecular formula is C17H35NO6SSi. The number of piperidine rings is 1. The molecule has 0 unspecified atom stereocenters. The summed E-state index contributed by atoms with van der Waals surface area (Å²) in [5.74, 6) is 0. The molecule has 0 aromatic carbocycles. The van der Waals surface area contributed by atoms with Crippen LogP contribution in [-0.2, 0) is 23.5 Å². The first kappa shape index (κ1) is 23.4. The van der Waals surface area contributed by atoms with Gasteiger partial charge in [-0.05, 0) is 38.9 Å². The topological polar surface area (TPSA) is 82.1 Å². The Morgan fingerprint density at radius 3 is 1.96 bits per heavy atom. The Balaban J connectivity index is 2.98. The van der Waals surface area contributed by atoms with E-state index in [0.717, 1.165) is 6.26 Å². The molecule has 7 nitrogen and oxygen atoms in total. The van der Waals surface area contributed by atoms with Crippen LogP contribution in [0.4, 0.5) is 4.79 Å². The van der Waals surface area contributed by atoms with Crippen LogP contribution in [0.3, 0.4) is 0 Å². The van der Waals surface area contributed by atoms with E-state index in [9.17, 15) is 13.2 Å². The number of carbonyl (C=O) groups excluding carboxylic acids is 1. The number of hydrogen-bond donors (Lipinski definition) is 0. The molecule has 0 N–H and O–H groups in total. The Labute approximate surface area is 159 Å². The molecule has 9 heteroatoms. The summed E-state index contributed by atoms with van der Waals surface area (Å²) in [6.45, 7) is 16.6. The molecule has 1 rings (SSSR count). The predicted molar refractivity (Wildman–Crippen MR) is 104 cm³/mol. The standard InChI is InChI=1S/C17H35NO6SSi/c1-16(2,3)22-15(19)18-11-13(23-25(7,20)21)10-14(12-18)24-26(8,9)17(4,5)6/h13-14H,10-12H2,1-9H3/t13-,14-/m0/s1. The van der Waals surface area contributed by atoms with Crippen molar-refractivity contribution in [1.29, 1.82) is 0 Å². The fourth-order valence-corrected chi connectivity index (χ4v) is 4.47. The van der Waals surface area contributed by atoms with Crippen molar-refractivity contribution in [3.05, 3.63) is 0 Å². The minimum absolute atomic E-state index is 0.00832. The van der Waals surface area contributed by atoms with Crippen molar-refractivity contribution in [3.8, 4) is 0 Å². The van der Waals surface area contributed by atoms with Gasteiger partial charge >= 0.3 is 6.09 Å². The third kappa shape index (κ3) is 7.54. The summed E-state index contributed by atoms with van der Waals surface area (Å²) >= 11 is 0. The van der Waals surface area contributed by atoms with Gasteiger partial charge in [-0.25, -0.2) is 4.79 Å². The minimum Gasteiger partial charge on any atom is -0.444 e. The van der Waals surface area contributed by atoms with Gasteiger partial charge in [0.05, 0.1) is 25.0 Å². The van der Waals surface area contributed by atoms with Gasteiger partial charge in [-0.1, -0.05) is 20.8 Å². The van der Waals surface area contributed by atoms with Gasteiger partial charge < -0.3 is 14.1 Å². The van der Waals surface area contributed by atoms with Gasteiger partial charge in [-0.2, -0.15) is 8.42 Å². The summed E-state index contributed by atoms with van der Waals surface area (Å²) in [4.78, 5) is 14.0. The van der Waals surface area contributed by atoms with Crippen LogP contribution in [-0.4, -0.2) is 64.9 Å². The third-order valence-electron chi connectivity index (χ3n) is 4.60. The molecule has 0 aliphatic carbocycles. The highest BCUT2D eigenvalue weighted by atomic mass is 32.2. The van der Waals surface area contributed by atoms with Crippen molar-refractivity contribution in [2.45, 2.75) is 83.9 Å². The summed E-state index contributed by atoms with van der Waals surface area (Å²) in [6.07, 6.45) is 0.0372. The Bertz CT molecular complexity index is 606. The Kier molecular flexibility index (Phi) is 6.99. The fraction of sp³-hybridized carbons (Fsp3) is 0.941. The predicted octanol–water partition coefficient (Wildman–Crippen LogP) is 3.36. The van der Waals surface area contributed by atoms with E-state index in [1.165, 1.54) is 4.90 Å². The van der Waals surface area contributed by atoms with E-state index in [0.29, 0.717) is 13.0 Å². The molecule has 2 atom stereocenters. The van der Waals surface area contributed by atoms with E-state index in [4.69, 9.17) is 13.3 Å². The van der Waals surface area contributed by atoms with Crippen molar-refractivity contribution < 1.29 is 26.6 Å². The number of rotatable bonds is 4. The van der Waals surface area contributed by atoms with Crippen LogP contribution in [0.25, 0.3) is 0 Å². The minimum atomic E-state index is -3.63. The molecule has 0 radical (unpaired) electrons. The molecule has 1 aliphatic heterocycles. The molecule has 1 aliphatic rings. The summed E-state index contributed by atoms with van der Waals surface area (Å²) in [5.41, 5.74) is -0.627. The SMILES string of the molecule is CC(C)(C)OC(=O)N1C[C@@H](O[Si](C)(C)C(C)(C)C)C[C@H](OS(C)(=O)=O)C1. The normalized spacial score (nSPS) is 23.0. The summed E-state index contributed by atoms with van der Waals surface area (Å²) < 4.78 is 40.2. The van der Waals surface area contributed by atoms with Crippen LogP contribution < -0.4 is 0 Å². The third-order valence-corrected chi connectivity index (χ3v) is 9.76. The van der Waals surface area contributed by atoms with Gasteiger partial charge in [0.15, 0.2) is 8.32 Å². The fourth-order valence-electron chi connectivity index (χ4n) is 2.48. The van der Waals surface area contributed by atoms with E-state index < -0.39 is 36.2 Å². The summed E-state index contributed by atoms with van der Waals surface area (Å²) in [6, 6.07) is 0. The highest BCUT2D eigenvalue weighted by Gasteiger charge is 2.42. The lowest BCUT2D eigenvalue weighted by atomic mass is 10.1. The zero-order valence-electron chi connectivity index (χ0n) is 17.6. The molecule has 1 amide bonds. The zero-order valence-corrected chi connectivity index (χ0v) is 19.4. The van der Waals surface area contributed by atoms with Gasteiger partial charge in [0, 0.05) is 13.0 Å². The molecule has 0 bridgehead atoms. The maximum atomic E-state index is 12.5. The maximum absolute atomic E-state index is 12.5. The average Bonchev–Trinajstić information content (AvgIpc) is 2.31. The smallest absolute Gasteiger partial charge is 0.410 e. The molecule has 0 saturated carbocycles. The molecule has 0 spiro atoms.